The van der Waals surface area contributed by atoms with Crippen molar-refractivity contribution in [3.8, 4) is 11.5 Å². The molecule has 0 bridgehead atoms. The number of rotatable bonds is 10. The van der Waals surface area contributed by atoms with Crippen LogP contribution in [0.3, 0.4) is 0 Å². The van der Waals surface area contributed by atoms with Crippen LogP contribution in [0.2, 0.25) is 0 Å². The Balaban J connectivity index is 2.04. The van der Waals surface area contributed by atoms with Crippen LogP contribution in [0.5, 0.6) is 11.5 Å². The number of nitrogens with one attached hydrogen (secondary N) is 1. The van der Waals surface area contributed by atoms with E-state index >= 15 is 0 Å². The Morgan fingerprint density at radius 2 is 1.72 bits per heavy atom. The normalized spacial score (nSPS) is 10.6. The van der Waals surface area contributed by atoms with Gasteiger partial charge in [-0.1, -0.05) is 19.1 Å². The number of carbonyl (C=O) groups excluding carboxylic acids is 2. The van der Waals surface area contributed by atoms with E-state index in [4.69, 9.17) is 14.2 Å². The number of amides is 1. The first-order valence-electron chi connectivity index (χ1n) is 9.73. The molecule has 0 aliphatic carbocycles. The van der Waals surface area contributed by atoms with Crippen LogP contribution in [0.1, 0.15) is 43.1 Å². The van der Waals surface area contributed by atoms with Gasteiger partial charge in [0.1, 0.15) is 0 Å². The van der Waals surface area contributed by atoms with Crippen LogP contribution in [-0.4, -0.2) is 31.7 Å². The van der Waals surface area contributed by atoms with Crippen LogP contribution in [0.15, 0.2) is 48.5 Å². The molecule has 6 nitrogen and oxygen atoms in total. The second-order valence-electron chi connectivity index (χ2n) is 6.11. The third-order valence-corrected chi connectivity index (χ3v) is 3.80. The molecular weight excluding hydrogens is 370 g/mol. The van der Waals surface area contributed by atoms with Gasteiger partial charge in [-0.3, -0.25) is 4.79 Å². The number of benzene rings is 2. The molecule has 0 saturated heterocycles. The molecule has 29 heavy (non-hydrogen) atoms. The lowest BCUT2D eigenvalue weighted by Gasteiger charge is -2.11. The molecule has 0 aromatic heterocycles. The Kier molecular flexibility index (Phi) is 8.76. The molecule has 0 aliphatic rings. The number of anilines is 1. The molecule has 0 heterocycles. The third-order valence-electron chi connectivity index (χ3n) is 3.80. The summed E-state index contributed by atoms with van der Waals surface area (Å²) in [4.78, 5) is 24.2. The van der Waals surface area contributed by atoms with Crippen LogP contribution in [0, 0.1) is 0 Å². The smallest absolute Gasteiger partial charge is 0.338 e. The monoisotopic (exact) mass is 397 g/mol. The Bertz CT molecular complexity index is 860. The van der Waals surface area contributed by atoms with Crippen LogP contribution in [0.25, 0.3) is 6.08 Å². The number of ether oxygens (including phenoxy) is 3. The first-order chi connectivity index (χ1) is 14.1. The van der Waals surface area contributed by atoms with Gasteiger partial charge in [-0.25, -0.2) is 4.79 Å². The summed E-state index contributed by atoms with van der Waals surface area (Å²) < 4.78 is 16.2. The van der Waals surface area contributed by atoms with Gasteiger partial charge in [-0.05, 0) is 62.2 Å². The maximum absolute atomic E-state index is 12.2. The summed E-state index contributed by atoms with van der Waals surface area (Å²) in [5.74, 6) is 0.588. The minimum atomic E-state index is -0.406. The second kappa shape index (κ2) is 11.5. The van der Waals surface area contributed by atoms with Crippen LogP contribution >= 0.6 is 0 Å². The first kappa shape index (κ1) is 22.0. The molecule has 2 aromatic carbocycles. The van der Waals surface area contributed by atoms with E-state index in [-0.39, 0.29) is 5.91 Å². The lowest BCUT2D eigenvalue weighted by atomic mass is 10.1. The van der Waals surface area contributed by atoms with Crippen molar-refractivity contribution in [2.45, 2.75) is 27.2 Å². The second-order valence-corrected chi connectivity index (χ2v) is 6.11. The summed E-state index contributed by atoms with van der Waals surface area (Å²) in [5, 5.41) is 2.75. The molecule has 0 unspecified atom stereocenters. The van der Waals surface area contributed by atoms with Crippen molar-refractivity contribution in [2.75, 3.05) is 25.1 Å². The molecule has 0 spiro atoms. The fourth-order valence-electron chi connectivity index (χ4n) is 2.53. The van der Waals surface area contributed by atoms with E-state index in [9.17, 15) is 9.59 Å². The molecular formula is C23H27NO5. The SMILES string of the molecule is CCCOC(=O)c1cccc(NC(=O)C=Cc2ccc(OCC)c(OCC)c2)c1. The summed E-state index contributed by atoms with van der Waals surface area (Å²) >= 11 is 0. The van der Waals surface area contributed by atoms with Crippen molar-refractivity contribution in [1.82, 2.24) is 0 Å². The lowest BCUT2D eigenvalue weighted by Crippen LogP contribution is -2.10. The maximum Gasteiger partial charge on any atom is 0.338 e. The van der Waals surface area contributed by atoms with Crippen LogP contribution < -0.4 is 14.8 Å². The summed E-state index contributed by atoms with van der Waals surface area (Å²) in [7, 11) is 0. The highest BCUT2D eigenvalue weighted by Gasteiger charge is 2.08. The van der Waals surface area contributed by atoms with Gasteiger partial charge in [0.05, 0.1) is 25.4 Å². The molecule has 2 aromatic rings. The minimum absolute atomic E-state index is 0.309. The summed E-state index contributed by atoms with van der Waals surface area (Å²) in [6.45, 7) is 7.17. The number of hydrogen-bond acceptors (Lipinski definition) is 5. The third kappa shape index (κ3) is 6.99. The molecule has 6 heteroatoms. The summed E-state index contributed by atoms with van der Waals surface area (Å²) in [6, 6.07) is 12.1. The lowest BCUT2D eigenvalue weighted by molar-refractivity contribution is -0.111. The Hall–Kier alpha value is -3.28. The van der Waals surface area contributed by atoms with E-state index < -0.39 is 5.97 Å². The van der Waals surface area contributed by atoms with E-state index in [1.54, 1.807) is 30.3 Å². The van der Waals surface area contributed by atoms with Crippen LogP contribution in [0.4, 0.5) is 5.69 Å². The van der Waals surface area contributed by atoms with Gasteiger partial charge < -0.3 is 19.5 Å². The first-order valence-corrected chi connectivity index (χ1v) is 9.73. The zero-order valence-electron chi connectivity index (χ0n) is 17.1. The average molecular weight is 397 g/mol. The molecule has 154 valence electrons. The minimum Gasteiger partial charge on any atom is -0.490 e. The number of carbonyl (C=O) groups is 2. The van der Waals surface area contributed by atoms with Crippen LogP contribution in [-0.2, 0) is 9.53 Å². The van der Waals surface area contributed by atoms with Gasteiger partial charge >= 0.3 is 5.97 Å². The van der Waals surface area contributed by atoms with E-state index in [0.717, 1.165) is 12.0 Å². The van der Waals surface area contributed by atoms with E-state index in [1.165, 1.54) is 6.08 Å². The molecule has 0 fully saturated rings. The van der Waals surface area contributed by atoms with Crippen molar-refractivity contribution in [3.05, 3.63) is 59.7 Å². The van der Waals surface area contributed by atoms with Gasteiger partial charge in [-0.15, -0.1) is 0 Å². The molecule has 0 aliphatic heterocycles. The maximum atomic E-state index is 12.2. The van der Waals surface area contributed by atoms with Gasteiger partial charge in [0.15, 0.2) is 11.5 Å². The average Bonchev–Trinajstić information content (AvgIpc) is 2.72. The zero-order chi connectivity index (χ0) is 21.1. The Morgan fingerprint density at radius 1 is 0.966 bits per heavy atom. The standard InChI is InChI=1S/C23H27NO5/c1-4-14-29-23(26)18-8-7-9-19(16-18)24-22(25)13-11-17-10-12-20(27-5-2)21(15-17)28-6-3/h7-13,15-16H,4-6,14H2,1-3H3,(H,24,25). The van der Waals surface area contributed by atoms with Gasteiger partial charge in [0, 0.05) is 11.8 Å². The van der Waals surface area contributed by atoms with Crippen molar-refractivity contribution in [1.29, 1.82) is 0 Å². The quantitative estimate of drug-likeness (QED) is 0.465. The van der Waals surface area contributed by atoms with Crippen molar-refractivity contribution >= 4 is 23.6 Å². The Labute approximate surface area is 171 Å². The number of esters is 1. The molecule has 0 radical (unpaired) electrons. The fraction of sp³-hybridized carbons (Fsp3) is 0.304. The zero-order valence-corrected chi connectivity index (χ0v) is 17.1. The Morgan fingerprint density at radius 3 is 2.45 bits per heavy atom. The topological polar surface area (TPSA) is 73.9 Å². The van der Waals surface area contributed by atoms with E-state index in [1.807, 2.05) is 39.0 Å². The van der Waals surface area contributed by atoms with Crippen molar-refractivity contribution < 1.29 is 23.8 Å². The van der Waals surface area contributed by atoms with Gasteiger partial charge in [0.2, 0.25) is 5.91 Å². The molecule has 1 amide bonds. The summed E-state index contributed by atoms with van der Waals surface area (Å²) in [6.07, 6.45) is 3.87. The predicted molar refractivity (Wildman–Crippen MR) is 113 cm³/mol. The van der Waals surface area contributed by atoms with Gasteiger partial charge in [0.25, 0.3) is 0 Å². The van der Waals surface area contributed by atoms with Crippen molar-refractivity contribution in [3.63, 3.8) is 0 Å². The van der Waals surface area contributed by atoms with E-state index in [2.05, 4.69) is 5.32 Å². The molecule has 1 N–H and O–H groups in total. The predicted octanol–water partition coefficient (Wildman–Crippen LogP) is 4.70. The largest absolute Gasteiger partial charge is 0.490 e. The highest BCUT2D eigenvalue weighted by molar-refractivity contribution is 6.02. The highest BCUT2D eigenvalue weighted by atomic mass is 16.5. The molecule has 2 rings (SSSR count). The fourth-order valence-corrected chi connectivity index (χ4v) is 2.53. The highest BCUT2D eigenvalue weighted by Crippen LogP contribution is 2.29. The van der Waals surface area contributed by atoms with E-state index in [0.29, 0.717) is 42.6 Å². The van der Waals surface area contributed by atoms with Crippen molar-refractivity contribution in [2.24, 2.45) is 0 Å². The summed E-state index contributed by atoms with van der Waals surface area (Å²) in [5.41, 5.74) is 1.73. The molecule has 0 saturated carbocycles. The molecule has 0 atom stereocenters. The number of hydrogen-bond donors (Lipinski definition) is 1. The van der Waals surface area contributed by atoms with Gasteiger partial charge in [-0.2, -0.15) is 0 Å².